The zero-order valence-electron chi connectivity index (χ0n) is 19.1. The molecule has 2 amide bonds. The van der Waals surface area contributed by atoms with Gasteiger partial charge in [0.1, 0.15) is 13.2 Å². The van der Waals surface area contributed by atoms with Gasteiger partial charge in [-0.2, -0.15) is 0 Å². The average Bonchev–Trinajstić information content (AvgIpc) is 2.64. The lowest BCUT2D eigenvalue weighted by Crippen LogP contribution is -2.50. The van der Waals surface area contributed by atoms with Gasteiger partial charge in [0.05, 0.1) is 0 Å². The van der Waals surface area contributed by atoms with Crippen LogP contribution in [0.5, 0.6) is 0 Å². The number of nitrogens with one attached hydrogen (secondary N) is 2. The van der Waals surface area contributed by atoms with Crippen LogP contribution in [-0.4, -0.2) is 38.0 Å². The molecule has 0 spiro atoms. The first-order valence-electron chi connectivity index (χ1n) is 10.6. The summed E-state index contributed by atoms with van der Waals surface area (Å²) in [4.78, 5) is 24.1. The van der Waals surface area contributed by atoms with E-state index >= 15 is 0 Å². The standard InChI is InChI=1S/C24H38N2O4/c1-6-8-10-12-14-29-21(27)25-19-24(5)17-20(16-23(3,4)18-24)26-22(28)30-15-13-11-9-7-2/h6-13,20H,14-19H2,1-5H3,(H,25,27)(H,26,28). The molecular formula is C24H38N2O4. The number of rotatable bonds is 9. The van der Waals surface area contributed by atoms with Gasteiger partial charge in [-0.3, -0.25) is 0 Å². The summed E-state index contributed by atoms with van der Waals surface area (Å²) in [5.74, 6) is 0. The molecule has 1 aliphatic rings. The van der Waals surface area contributed by atoms with Crippen molar-refractivity contribution < 1.29 is 19.1 Å². The summed E-state index contributed by atoms with van der Waals surface area (Å²) in [6, 6.07) is -0.00708. The highest BCUT2D eigenvalue weighted by molar-refractivity contribution is 5.68. The SMILES string of the molecule is CC=CC=CCOC(=O)NCC1(C)CC(NC(=O)OCC=CC=CC)CC(C)(C)C1. The average molecular weight is 419 g/mol. The van der Waals surface area contributed by atoms with Crippen LogP contribution in [0.2, 0.25) is 0 Å². The fraction of sp³-hybridized carbons (Fsp3) is 0.583. The molecule has 1 rings (SSSR count). The Kier molecular flexibility index (Phi) is 11.0. The zero-order valence-corrected chi connectivity index (χ0v) is 19.1. The minimum Gasteiger partial charge on any atom is -0.445 e. The highest BCUT2D eigenvalue weighted by atomic mass is 16.6. The highest BCUT2D eigenvalue weighted by Crippen LogP contribution is 2.45. The van der Waals surface area contributed by atoms with E-state index in [0.717, 1.165) is 19.3 Å². The molecular weight excluding hydrogens is 380 g/mol. The number of amides is 2. The zero-order chi connectivity index (χ0) is 22.5. The smallest absolute Gasteiger partial charge is 0.407 e. The van der Waals surface area contributed by atoms with Crippen LogP contribution >= 0.6 is 0 Å². The molecule has 0 aromatic carbocycles. The molecule has 0 bridgehead atoms. The van der Waals surface area contributed by atoms with Crippen molar-refractivity contribution in [2.24, 2.45) is 10.8 Å². The Labute approximate surface area is 181 Å². The van der Waals surface area contributed by atoms with Gasteiger partial charge < -0.3 is 20.1 Å². The van der Waals surface area contributed by atoms with Crippen molar-refractivity contribution in [2.75, 3.05) is 19.8 Å². The third-order valence-corrected chi connectivity index (χ3v) is 4.93. The first-order chi connectivity index (χ1) is 14.2. The lowest BCUT2D eigenvalue weighted by molar-refractivity contribution is 0.0643. The molecule has 0 radical (unpaired) electrons. The molecule has 1 aliphatic carbocycles. The van der Waals surface area contributed by atoms with E-state index in [1.54, 1.807) is 12.2 Å². The second kappa shape index (κ2) is 12.9. The van der Waals surface area contributed by atoms with Crippen LogP contribution in [0.1, 0.15) is 53.9 Å². The first kappa shape index (κ1) is 25.5. The topological polar surface area (TPSA) is 76.7 Å². The summed E-state index contributed by atoms with van der Waals surface area (Å²) < 4.78 is 10.4. The Morgan fingerprint density at radius 1 is 0.900 bits per heavy atom. The van der Waals surface area contributed by atoms with Crippen molar-refractivity contribution in [1.82, 2.24) is 10.6 Å². The molecule has 2 unspecified atom stereocenters. The number of carbonyl (C=O) groups excluding carboxylic acids is 2. The maximum atomic E-state index is 12.1. The van der Waals surface area contributed by atoms with Gasteiger partial charge in [-0.25, -0.2) is 9.59 Å². The number of allylic oxidation sites excluding steroid dienone is 6. The molecule has 1 saturated carbocycles. The Balaban J connectivity index is 2.52. The van der Waals surface area contributed by atoms with Gasteiger partial charge >= 0.3 is 12.2 Å². The van der Waals surface area contributed by atoms with Crippen molar-refractivity contribution in [1.29, 1.82) is 0 Å². The fourth-order valence-corrected chi connectivity index (χ4v) is 4.15. The lowest BCUT2D eigenvalue weighted by atomic mass is 9.62. The maximum absolute atomic E-state index is 12.1. The van der Waals surface area contributed by atoms with E-state index in [1.165, 1.54) is 0 Å². The van der Waals surface area contributed by atoms with Crippen molar-refractivity contribution in [3.8, 4) is 0 Å². The summed E-state index contributed by atoms with van der Waals surface area (Å²) in [7, 11) is 0. The van der Waals surface area contributed by atoms with E-state index in [-0.39, 0.29) is 30.1 Å². The Bertz CT molecular complexity index is 664. The molecule has 0 saturated heterocycles. The summed E-state index contributed by atoms with van der Waals surface area (Å²) >= 11 is 0. The summed E-state index contributed by atoms with van der Waals surface area (Å²) in [5, 5.41) is 5.87. The first-order valence-corrected chi connectivity index (χ1v) is 10.6. The Morgan fingerprint density at radius 3 is 2.03 bits per heavy atom. The van der Waals surface area contributed by atoms with Gasteiger partial charge in [-0.1, -0.05) is 57.2 Å². The molecule has 30 heavy (non-hydrogen) atoms. The van der Waals surface area contributed by atoms with E-state index in [4.69, 9.17) is 9.47 Å². The van der Waals surface area contributed by atoms with E-state index in [9.17, 15) is 9.59 Å². The lowest BCUT2D eigenvalue weighted by Gasteiger charge is -2.46. The largest absolute Gasteiger partial charge is 0.445 e. The monoisotopic (exact) mass is 418 g/mol. The molecule has 2 N–H and O–H groups in total. The third-order valence-electron chi connectivity index (χ3n) is 4.93. The van der Waals surface area contributed by atoms with Gasteiger partial charge in [-0.15, -0.1) is 0 Å². The third kappa shape index (κ3) is 10.9. The van der Waals surface area contributed by atoms with Crippen LogP contribution < -0.4 is 10.6 Å². The van der Waals surface area contributed by atoms with Crippen LogP contribution in [0.3, 0.4) is 0 Å². The highest BCUT2D eigenvalue weighted by Gasteiger charge is 2.42. The summed E-state index contributed by atoms with van der Waals surface area (Å²) in [6.45, 7) is 11.3. The molecule has 6 nitrogen and oxygen atoms in total. The van der Waals surface area contributed by atoms with E-state index in [2.05, 4.69) is 31.4 Å². The number of hydrogen-bond acceptors (Lipinski definition) is 4. The normalized spacial score (nSPS) is 24.0. The number of carbonyl (C=O) groups is 2. The fourth-order valence-electron chi connectivity index (χ4n) is 4.15. The van der Waals surface area contributed by atoms with Crippen LogP contribution in [0, 0.1) is 10.8 Å². The van der Waals surface area contributed by atoms with Gasteiger partial charge in [0.2, 0.25) is 0 Å². The van der Waals surface area contributed by atoms with E-state index in [1.807, 2.05) is 50.3 Å². The number of alkyl carbamates (subject to hydrolysis) is 2. The summed E-state index contributed by atoms with van der Waals surface area (Å²) in [6.07, 6.45) is 16.6. The molecule has 0 aliphatic heterocycles. The van der Waals surface area contributed by atoms with Crippen molar-refractivity contribution >= 4 is 12.2 Å². The van der Waals surface area contributed by atoms with Gasteiger partial charge in [0, 0.05) is 12.6 Å². The maximum Gasteiger partial charge on any atom is 0.407 e. The molecule has 0 aromatic heterocycles. The second-order valence-electron chi connectivity index (χ2n) is 8.86. The quantitative estimate of drug-likeness (QED) is 0.499. The molecule has 1 fully saturated rings. The van der Waals surface area contributed by atoms with Gasteiger partial charge in [-0.05, 0) is 56.1 Å². The number of ether oxygens (including phenoxy) is 2. The molecule has 6 heteroatoms. The second-order valence-corrected chi connectivity index (χ2v) is 8.86. The van der Waals surface area contributed by atoms with E-state index < -0.39 is 12.2 Å². The Morgan fingerprint density at radius 2 is 1.47 bits per heavy atom. The van der Waals surface area contributed by atoms with Crippen molar-refractivity contribution in [2.45, 2.75) is 59.9 Å². The molecule has 0 aromatic rings. The van der Waals surface area contributed by atoms with Gasteiger partial charge in [0.25, 0.3) is 0 Å². The Hall–Kier alpha value is -2.50. The minimum absolute atomic E-state index is 0.00708. The van der Waals surface area contributed by atoms with Crippen LogP contribution in [0.4, 0.5) is 9.59 Å². The number of hydrogen-bond donors (Lipinski definition) is 2. The van der Waals surface area contributed by atoms with Crippen LogP contribution in [-0.2, 0) is 9.47 Å². The summed E-state index contributed by atoms with van der Waals surface area (Å²) in [5.41, 5.74) is -0.108. The van der Waals surface area contributed by atoms with Crippen LogP contribution in [0.25, 0.3) is 0 Å². The van der Waals surface area contributed by atoms with E-state index in [0.29, 0.717) is 6.54 Å². The van der Waals surface area contributed by atoms with Crippen molar-refractivity contribution in [3.05, 3.63) is 48.6 Å². The molecule has 0 heterocycles. The van der Waals surface area contributed by atoms with Crippen LogP contribution in [0.15, 0.2) is 48.6 Å². The molecule has 2 atom stereocenters. The molecule has 168 valence electrons. The predicted molar refractivity (Wildman–Crippen MR) is 121 cm³/mol. The minimum atomic E-state index is -0.429. The predicted octanol–water partition coefficient (Wildman–Crippen LogP) is 5.29. The van der Waals surface area contributed by atoms with Gasteiger partial charge in [0.15, 0.2) is 0 Å². The van der Waals surface area contributed by atoms with Crippen molar-refractivity contribution in [3.63, 3.8) is 0 Å².